The molecule has 1 aromatic rings. The molecule has 0 amide bonds. The summed E-state index contributed by atoms with van der Waals surface area (Å²) in [5.74, 6) is 2.11. The van der Waals surface area contributed by atoms with E-state index in [1.165, 1.54) is 6.92 Å². The fourth-order valence-corrected chi connectivity index (χ4v) is 1.10. The smallest absolute Gasteiger partial charge is 0.146 e. The molecule has 0 radical (unpaired) electrons. The van der Waals surface area contributed by atoms with Gasteiger partial charge in [0.05, 0.1) is 0 Å². The molecule has 0 aliphatic heterocycles. The fraction of sp³-hybridized carbons (Fsp3) is 0.273. The van der Waals surface area contributed by atoms with E-state index in [0.717, 1.165) is 0 Å². The Kier molecular flexibility index (Phi) is 2.72. The molecule has 0 unspecified atom stereocenters. The Bertz CT molecular complexity index is 309. The first-order chi connectivity index (χ1) is 6.09. The van der Waals surface area contributed by atoms with E-state index >= 15 is 0 Å². The summed E-state index contributed by atoms with van der Waals surface area (Å²) in [4.78, 5) is 0. The summed E-state index contributed by atoms with van der Waals surface area (Å²) in [6.45, 7) is 1.49. The molecule has 0 saturated heterocycles. The van der Waals surface area contributed by atoms with Crippen molar-refractivity contribution >= 4 is 0 Å². The maximum atomic E-state index is 9.86. The van der Waals surface area contributed by atoms with E-state index in [2.05, 4.69) is 5.92 Å². The number of benzene rings is 1. The first-order valence-corrected chi connectivity index (χ1v) is 4.01. The van der Waals surface area contributed by atoms with Crippen LogP contribution in [0.3, 0.4) is 0 Å². The van der Waals surface area contributed by atoms with Gasteiger partial charge in [0.15, 0.2) is 0 Å². The number of rotatable bonds is 2. The molecule has 0 saturated carbocycles. The predicted octanol–water partition coefficient (Wildman–Crippen LogP) is 0.888. The lowest BCUT2D eigenvalue weighted by Gasteiger charge is -2.25. The van der Waals surface area contributed by atoms with E-state index in [4.69, 9.17) is 6.42 Å². The minimum Gasteiger partial charge on any atom is -0.382 e. The molecular weight excluding hydrogens is 164 g/mol. The van der Waals surface area contributed by atoms with Gasteiger partial charge in [-0.05, 0) is 12.5 Å². The lowest BCUT2D eigenvalue weighted by molar-refractivity contribution is -0.0376. The highest BCUT2D eigenvalue weighted by molar-refractivity contribution is 5.25. The highest BCUT2D eigenvalue weighted by atomic mass is 16.3. The second kappa shape index (κ2) is 3.61. The van der Waals surface area contributed by atoms with Gasteiger partial charge in [0.25, 0.3) is 0 Å². The molecule has 0 spiro atoms. The van der Waals surface area contributed by atoms with Gasteiger partial charge in [-0.25, -0.2) is 0 Å². The van der Waals surface area contributed by atoms with Crippen LogP contribution in [0.1, 0.15) is 12.5 Å². The molecule has 0 heterocycles. The van der Waals surface area contributed by atoms with Crippen molar-refractivity contribution in [1.82, 2.24) is 0 Å². The Morgan fingerprint density at radius 1 is 1.38 bits per heavy atom. The largest absolute Gasteiger partial charge is 0.382 e. The Balaban J connectivity index is 3.02. The molecule has 2 N–H and O–H groups in total. The zero-order chi connectivity index (χ0) is 9.90. The fourth-order valence-electron chi connectivity index (χ4n) is 1.10. The van der Waals surface area contributed by atoms with Gasteiger partial charge in [-0.15, -0.1) is 6.42 Å². The maximum Gasteiger partial charge on any atom is 0.146 e. The molecule has 0 aromatic heterocycles. The van der Waals surface area contributed by atoms with E-state index in [1.807, 2.05) is 6.07 Å². The molecule has 0 aliphatic rings. The highest BCUT2D eigenvalue weighted by Gasteiger charge is 2.30. The molecule has 2 heteroatoms. The lowest BCUT2D eigenvalue weighted by atomic mass is 9.91. The quantitative estimate of drug-likeness (QED) is 0.657. The summed E-state index contributed by atoms with van der Waals surface area (Å²) in [7, 11) is 0. The molecule has 2 atom stereocenters. The average molecular weight is 176 g/mol. The Hall–Kier alpha value is -1.30. The first kappa shape index (κ1) is 9.79. The van der Waals surface area contributed by atoms with Gasteiger partial charge in [-0.3, -0.25) is 0 Å². The number of aliphatic hydroxyl groups is 2. The minimum atomic E-state index is -1.38. The van der Waals surface area contributed by atoms with Gasteiger partial charge in [-0.2, -0.15) is 0 Å². The first-order valence-electron chi connectivity index (χ1n) is 4.01. The third-order valence-corrected chi connectivity index (χ3v) is 2.05. The zero-order valence-electron chi connectivity index (χ0n) is 7.44. The third-order valence-electron chi connectivity index (χ3n) is 2.05. The summed E-state index contributed by atoms with van der Waals surface area (Å²) in [5.41, 5.74) is -0.767. The number of aliphatic hydroxyl groups excluding tert-OH is 1. The zero-order valence-corrected chi connectivity index (χ0v) is 7.44. The van der Waals surface area contributed by atoms with Gasteiger partial charge in [-0.1, -0.05) is 36.3 Å². The van der Waals surface area contributed by atoms with Crippen molar-refractivity contribution in [3.05, 3.63) is 35.9 Å². The van der Waals surface area contributed by atoms with Crippen LogP contribution in [0, 0.1) is 12.3 Å². The molecule has 2 nitrogen and oxygen atoms in total. The molecule has 0 fully saturated rings. The van der Waals surface area contributed by atoms with Crippen molar-refractivity contribution in [2.75, 3.05) is 0 Å². The van der Waals surface area contributed by atoms with Crippen LogP contribution in [0.2, 0.25) is 0 Å². The van der Waals surface area contributed by atoms with Gasteiger partial charge in [0.1, 0.15) is 11.7 Å². The molecule has 1 rings (SSSR count). The van der Waals surface area contributed by atoms with Gasteiger partial charge < -0.3 is 10.2 Å². The van der Waals surface area contributed by atoms with Gasteiger partial charge in [0.2, 0.25) is 0 Å². The number of terminal acetylenes is 1. The van der Waals surface area contributed by atoms with Crippen LogP contribution in [0.25, 0.3) is 0 Å². The Morgan fingerprint density at radius 2 is 1.92 bits per heavy atom. The van der Waals surface area contributed by atoms with Crippen LogP contribution in [-0.4, -0.2) is 16.3 Å². The predicted molar refractivity (Wildman–Crippen MR) is 50.9 cm³/mol. The normalized spacial score (nSPS) is 17.1. The summed E-state index contributed by atoms with van der Waals surface area (Å²) in [6.07, 6.45) is 3.85. The molecule has 13 heavy (non-hydrogen) atoms. The van der Waals surface area contributed by atoms with E-state index < -0.39 is 11.7 Å². The van der Waals surface area contributed by atoms with E-state index in [1.54, 1.807) is 24.3 Å². The van der Waals surface area contributed by atoms with Crippen molar-refractivity contribution in [1.29, 1.82) is 0 Å². The van der Waals surface area contributed by atoms with Crippen molar-refractivity contribution < 1.29 is 10.2 Å². The van der Waals surface area contributed by atoms with Crippen LogP contribution in [0.15, 0.2) is 30.3 Å². The molecular formula is C11H12O2. The summed E-state index contributed by atoms with van der Waals surface area (Å²) < 4.78 is 0. The summed E-state index contributed by atoms with van der Waals surface area (Å²) in [6, 6.07) is 8.85. The Labute approximate surface area is 77.8 Å². The van der Waals surface area contributed by atoms with Crippen molar-refractivity contribution in [2.45, 2.75) is 18.6 Å². The second-order valence-corrected chi connectivity index (χ2v) is 3.08. The maximum absolute atomic E-state index is 9.86. The standard InChI is InChI=1S/C11H12O2/c1-3-10(12)11(2,13)9-7-5-4-6-8-9/h1,4-8,10,12-13H,2H3/t10-,11-/m0/s1. The topological polar surface area (TPSA) is 40.5 Å². The van der Waals surface area contributed by atoms with Gasteiger partial charge in [0, 0.05) is 0 Å². The number of hydrogen-bond donors (Lipinski definition) is 2. The average Bonchev–Trinajstić information content (AvgIpc) is 2.18. The van der Waals surface area contributed by atoms with Crippen molar-refractivity contribution in [3.63, 3.8) is 0 Å². The highest BCUT2D eigenvalue weighted by Crippen LogP contribution is 2.23. The van der Waals surface area contributed by atoms with Crippen LogP contribution < -0.4 is 0 Å². The van der Waals surface area contributed by atoms with Crippen LogP contribution in [0.4, 0.5) is 0 Å². The minimum absolute atomic E-state index is 0.612. The van der Waals surface area contributed by atoms with E-state index in [9.17, 15) is 10.2 Å². The van der Waals surface area contributed by atoms with E-state index in [0.29, 0.717) is 5.56 Å². The van der Waals surface area contributed by atoms with Gasteiger partial charge >= 0.3 is 0 Å². The molecule has 1 aromatic carbocycles. The van der Waals surface area contributed by atoms with Crippen molar-refractivity contribution in [2.24, 2.45) is 0 Å². The monoisotopic (exact) mass is 176 g/mol. The number of hydrogen-bond acceptors (Lipinski definition) is 2. The molecule has 0 bridgehead atoms. The summed E-state index contributed by atoms with van der Waals surface area (Å²) in [5, 5.41) is 19.2. The van der Waals surface area contributed by atoms with Crippen LogP contribution >= 0.6 is 0 Å². The van der Waals surface area contributed by atoms with Crippen LogP contribution in [0.5, 0.6) is 0 Å². The van der Waals surface area contributed by atoms with Crippen LogP contribution in [-0.2, 0) is 5.60 Å². The second-order valence-electron chi connectivity index (χ2n) is 3.08. The van der Waals surface area contributed by atoms with E-state index in [-0.39, 0.29) is 0 Å². The summed E-state index contributed by atoms with van der Waals surface area (Å²) >= 11 is 0. The van der Waals surface area contributed by atoms with Crippen molar-refractivity contribution in [3.8, 4) is 12.3 Å². The Morgan fingerprint density at radius 3 is 2.38 bits per heavy atom. The molecule has 0 aliphatic carbocycles. The third kappa shape index (κ3) is 1.89. The lowest BCUT2D eigenvalue weighted by Crippen LogP contribution is -2.35. The SMILES string of the molecule is C#C[C@H](O)[C@@](C)(O)c1ccccc1. The molecule has 68 valence electrons.